The smallest absolute Gasteiger partial charge is 0.173 e. The van der Waals surface area contributed by atoms with Crippen molar-refractivity contribution in [3.05, 3.63) is 52.5 Å². The third kappa shape index (κ3) is 3.74. The lowest BCUT2D eigenvalue weighted by molar-refractivity contribution is 0.351. The molecule has 0 amide bonds. The fourth-order valence-electron chi connectivity index (χ4n) is 3.35. The minimum atomic E-state index is 0.217. The number of hydrogen-bond donors (Lipinski definition) is 1. The van der Waals surface area contributed by atoms with Gasteiger partial charge in [0, 0.05) is 17.3 Å². The van der Waals surface area contributed by atoms with Crippen LogP contribution in [-0.2, 0) is 0 Å². The van der Waals surface area contributed by atoms with E-state index in [1.165, 1.54) is 5.56 Å². The summed E-state index contributed by atoms with van der Waals surface area (Å²) in [7, 11) is 3.30. The number of likely N-dealkylation sites (tertiary alicyclic amines) is 1. The number of benzene rings is 2. The van der Waals surface area contributed by atoms with E-state index in [2.05, 4.69) is 16.3 Å². The molecule has 1 atom stereocenters. The first kappa shape index (κ1) is 18.8. The number of thiocarbonyl (C=S) groups is 1. The van der Waals surface area contributed by atoms with E-state index in [0.717, 1.165) is 47.2 Å². The van der Waals surface area contributed by atoms with Gasteiger partial charge in [0.15, 0.2) is 16.6 Å². The molecule has 138 valence electrons. The number of hydrogen-bond acceptors (Lipinski definition) is 3. The number of halogens is 1. The molecule has 0 aliphatic carbocycles. The summed E-state index contributed by atoms with van der Waals surface area (Å²) in [6.45, 7) is 2.91. The van der Waals surface area contributed by atoms with Crippen LogP contribution in [0.2, 0.25) is 5.02 Å². The zero-order valence-electron chi connectivity index (χ0n) is 15.2. The van der Waals surface area contributed by atoms with Crippen LogP contribution in [0.5, 0.6) is 11.5 Å². The standard InChI is InChI=1S/C20H23ClN2O2S/c1-13-15(21)6-4-7-16(13)22-20(26)23-11-5-8-17(23)14-9-10-18(24-2)19(12-14)25-3/h4,6-7,9-10,12,17H,5,8,11H2,1-3H3,(H,22,26)/t17-/m0/s1. The average Bonchev–Trinajstić information content (AvgIpc) is 3.14. The van der Waals surface area contributed by atoms with Crippen LogP contribution >= 0.6 is 23.8 Å². The fourth-order valence-corrected chi connectivity index (χ4v) is 3.85. The van der Waals surface area contributed by atoms with Crippen LogP contribution < -0.4 is 14.8 Å². The largest absolute Gasteiger partial charge is 0.493 e. The SMILES string of the molecule is COc1ccc([C@@H]2CCCN2C(=S)Nc2cccc(Cl)c2C)cc1OC. The molecular weight excluding hydrogens is 368 g/mol. The van der Waals surface area contributed by atoms with E-state index in [1.54, 1.807) is 14.2 Å². The highest BCUT2D eigenvalue weighted by Gasteiger charge is 2.29. The van der Waals surface area contributed by atoms with Crippen molar-refractivity contribution in [3.63, 3.8) is 0 Å². The van der Waals surface area contributed by atoms with Crippen molar-refractivity contribution >= 4 is 34.6 Å². The molecule has 1 heterocycles. The lowest BCUT2D eigenvalue weighted by atomic mass is 10.0. The predicted molar refractivity (Wildman–Crippen MR) is 111 cm³/mol. The number of ether oxygens (including phenoxy) is 2. The molecule has 1 aliphatic rings. The lowest BCUT2D eigenvalue weighted by Crippen LogP contribution is -2.34. The molecule has 1 N–H and O–H groups in total. The van der Waals surface area contributed by atoms with Gasteiger partial charge in [-0.3, -0.25) is 0 Å². The third-order valence-electron chi connectivity index (χ3n) is 4.82. The van der Waals surface area contributed by atoms with Gasteiger partial charge in [-0.25, -0.2) is 0 Å². The van der Waals surface area contributed by atoms with Gasteiger partial charge in [0.1, 0.15) is 0 Å². The van der Waals surface area contributed by atoms with E-state index in [1.807, 2.05) is 37.3 Å². The lowest BCUT2D eigenvalue weighted by Gasteiger charge is -2.29. The summed E-state index contributed by atoms with van der Waals surface area (Å²) >= 11 is 11.9. The van der Waals surface area contributed by atoms with Gasteiger partial charge in [-0.15, -0.1) is 0 Å². The first-order valence-corrected chi connectivity index (χ1v) is 9.38. The Bertz CT molecular complexity index is 812. The maximum atomic E-state index is 6.22. The number of anilines is 1. The molecule has 0 spiro atoms. The van der Waals surface area contributed by atoms with Gasteiger partial charge in [0.2, 0.25) is 0 Å². The maximum absolute atomic E-state index is 6.22. The Labute approximate surface area is 165 Å². The Balaban J connectivity index is 1.81. The monoisotopic (exact) mass is 390 g/mol. The van der Waals surface area contributed by atoms with Crippen LogP contribution in [0.1, 0.15) is 30.0 Å². The molecule has 0 aromatic heterocycles. The van der Waals surface area contributed by atoms with Crippen molar-refractivity contribution in [3.8, 4) is 11.5 Å². The fraction of sp³-hybridized carbons (Fsp3) is 0.350. The molecule has 2 aromatic carbocycles. The van der Waals surface area contributed by atoms with Crippen LogP contribution in [0.15, 0.2) is 36.4 Å². The van der Waals surface area contributed by atoms with E-state index in [-0.39, 0.29) is 6.04 Å². The predicted octanol–water partition coefficient (Wildman–Crippen LogP) is 5.20. The first-order chi connectivity index (χ1) is 12.5. The van der Waals surface area contributed by atoms with Crippen molar-refractivity contribution in [2.24, 2.45) is 0 Å². The number of methoxy groups -OCH3 is 2. The molecule has 2 aromatic rings. The zero-order chi connectivity index (χ0) is 18.7. The van der Waals surface area contributed by atoms with Gasteiger partial charge < -0.3 is 19.7 Å². The highest BCUT2D eigenvalue weighted by Crippen LogP contribution is 2.37. The Morgan fingerprint density at radius 3 is 2.69 bits per heavy atom. The Morgan fingerprint density at radius 1 is 1.19 bits per heavy atom. The molecular formula is C20H23ClN2O2S. The number of nitrogens with zero attached hydrogens (tertiary/aromatic N) is 1. The Hall–Kier alpha value is -1.98. The molecule has 0 bridgehead atoms. The topological polar surface area (TPSA) is 33.7 Å². The minimum absolute atomic E-state index is 0.217. The maximum Gasteiger partial charge on any atom is 0.173 e. The van der Waals surface area contributed by atoms with Gasteiger partial charge >= 0.3 is 0 Å². The van der Waals surface area contributed by atoms with Gasteiger partial charge in [0.05, 0.1) is 20.3 Å². The molecule has 1 saturated heterocycles. The van der Waals surface area contributed by atoms with Crippen LogP contribution in [0, 0.1) is 6.92 Å². The molecule has 1 aliphatic heterocycles. The van der Waals surface area contributed by atoms with Crippen molar-refractivity contribution < 1.29 is 9.47 Å². The van der Waals surface area contributed by atoms with E-state index >= 15 is 0 Å². The summed E-state index contributed by atoms with van der Waals surface area (Å²) in [5.74, 6) is 1.47. The quantitative estimate of drug-likeness (QED) is 0.725. The van der Waals surface area contributed by atoms with E-state index in [0.29, 0.717) is 5.11 Å². The molecule has 26 heavy (non-hydrogen) atoms. The van der Waals surface area contributed by atoms with E-state index in [4.69, 9.17) is 33.3 Å². The highest BCUT2D eigenvalue weighted by molar-refractivity contribution is 7.80. The summed E-state index contributed by atoms with van der Waals surface area (Å²) in [5.41, 5.74) is 3.12. The molecule has 3 rings (SSSR count). The van der Waals surface area contributed by atoms with Crippen LogP contribution in [-0.4, -0.2) is 30.8 Å². The van der Waals surface area contributed by atoms with Crippen molar-refractivity contribution in [1.29, 1.82) is 0 Å². The second-order valence-corrected chi connectivity index (χ2v) is 7.10. The van der Waals surface area contributed by atoms with Crippen LogP contribution in [0.3, 0.4) is 0 Å². The van der Waals surface area contributed by atoms with Gasteiger partial charge in [-0.1, -0.05) is 23.7 Å². The molecule has 0 radical (unpaired) electrons. The summed E-state index contributed by atoms with van der Waals surface area (Å²) in [6.07, 6.45) is 2.14. The Morgan fingerprint density at radius 2 is 1.96 bits per heavy atom. The summed E-state index contributed by atoms with van der Waals surface area (Å²) < 4.78 is 10.8. The highest BCUT2D eigenvalue weighted by atomic mass is 35.5. The van der Waals surface area contributed by atoms with E-state index < -0.39 is 0 Å². The minimum Gasteiger partial charge on any atom is -0.493 e. The van der Waals surface area contributed by atoms with Crippen molar-refractivity contribution in [1.82, 2.24) is 4.90 Å². The average molecular weight is 391 g/mol. The van der Waals surface area contributed by atoms with Gasteiger partial charge in [-0.2, -0.15) is 0 Å². The molecule has 0 saturated carbocycles. The van der Waals surface area contributed by atoms with E-state index in [9.17, 15) is 0 Å². The second-order valence-electron chi connectivity index (χ2n) is 6.31. The summed E-state index contributed by atoms with van der Waals surface area (Å²) in [4.78, 5) is 2.23. The van der Waals surface area contributed by atoms with Crippen molar-refractivity contribution in [2.45, 2.75) is 25.8 Å². The normalized spacial score (nSPS) is 16.5. The second kappa shape index (κ2) is 8.14. The number of rotatable bonds is 4. The third-order valence-corrected chi connectivity index (χ3v) is 5.56. The van der Waals surface area contributed by atoms with Crippen LogP contribution in [0.4, 0.5) is 5.69 Å². The van der Waals surface area contributed by atoms with Crippen LogP contribution in [0.25, 0.3) is 0 Å². The van der Waals surface area contributed by atoms with Crippen molar-refractivity contribution in [2.75, 3.05) is 26.1 Å². The summed E-state index contributed by atoms with van der Waals surface area (Å²) in [5, 5.41) is 4.81. The Kier molecular flexibility index (Phi) is 5.89. The van der Waals surface area contributed by atoms with Gasteiger partial charge in [0.25, 0.3) is 0 Å². The number of nitrogens with one attached hydrogen (secondary N) is 1. The summed E-state index contributed by atoms with van der Waals surface area (Å²) in [6, 6.07) is 12.1. The molecule has 6 heteroatoms. The first-order valence-electron chi connectivity index (χ1n) is 8.59. The molecule has 1 fully saturated rings. The zero-order valence-corrected chi connectivity index (χ0v) is 16.8. The molecule has 4 nitrogen and oxygen atoms in total. The van der Waals surface area contributed by atoms with Gasteiger partial charge in [-0.05, 0) is 67.4 Å². The molecule has 0 unspecified atom stereocenters.